The zero-order chi connectivity index (χ0) is 13.4. The van der Waals surface area contributed by atoms with E-state index < -0.39 is 0 Å². The Morgan fingerprint density at radius 2 is 2.37 bits per heavy atom. The maximum absolute atomic E-state index is 9.30. The first-order valence-electron chi connectivity index (χ1n) is 6.06. The van der Waals surface area contributed by atoms with Crippen molar-refractivity contribution in [3.8, 4) is 0 Å². The number of nitrogens with zero attached hydrogens (tertiary/aromatic N) is 4. The second kappa shape index (κ2) is 4.60. The van der Waals surface area contributed by atoms with Gasteiger partial charge in [0.05, 0.1) is 19.0 Å². The lowest BCUT2D eigenvalue weighted by Crippen LogP contribution is -2.19. The molecule has 1 fully saturated rings. The van der Waals surface area contributed by atoms with Gasteiger partial charge in [-0.05, 0) is 0 Å². The number of anilines is 1. The molecule has 0 saturated carbocycles. The Morgan fingerprint density at radius 1 is 1.53 bits per heavy atom. The highest BCUT2D eigenvalue weighted by Crippen LogP contribution is 2.35. The van der Waals surface area contributed by atoms with E-state index in [4.69, 9.17) is 10.5 Å². The van der Waals surface area contributed by atoms with E-state index >= 15 is 0 Å². The van der Waals surface area contributed by atoms with E-state index in [0.717, 1.165) is 6.42 Å². The standard InChI is InChI=1S/C12H15N5O2/c1-2-7-3-9(19-8(7)4-18)17-6-16-10-11(13)14-5-15-12(10)17/h2,5-9,18H,1,3-4H2,(H2,13,14,15). The molecule has 3 atom stereocenters. The minimum atomic E-state index is -0.237. The summed E-state index contributed by atoms with van der Waals surface area (Å²) < 4.78 is 7.63. The molecule has 7 nitrogen and oxygen atoms in total. The van der Waals surface area contributed by atoms with Crippen LogP contribution in [0.5, 0.6) is 0 Å². The summed E-state index contributed by atoms with van der Waals surface area (Å²) in [7, 11) is 0. The summed E-state index contributed by atoms with van der Waals surface area (Å²) in [5.41, 5.74) is 6.95. The van der Waals surface area contributed by atoms with E-state index in [1.807, 2.05) is 10.6 Å². The minimum Gasteiger partial charge on any atom is -0.394 e. The Morgan fingerprint density at radius 3 is 3.05 bits per heavy atom. The van der Waals surface area contributed by atoms with Crippen LogP contribution < -0.4 is 5.73 Å². The number of aromatic nitrogens is 4. The first kappa shape index (κ1) is 12.1. The summed E-state index contributed by atoms with van der Waals surface area (Å²) in [6.07, 6.45) is 5.12. The van der Waals surface area contributed by atoms with Crippen LogP contribution in [0, 0.1) is 5.92 Å². The SMILES string of the molecule is C=CC1CC(n2cnc3c(N)ncnc32)OC1CO. The van der Waals surface area contributed by atoms with Crippen LogP contribution in [0.2, 0.25) is 0 Å². The number of hydrogen-bond acceptors (Lipinski definition) is 6. The molecule has 2 aromatic rings. The van der Waals surface area contributed by atoms with Gasteiger partial charge in [0.1, 0.15) is 18.1 Å². The molecule has 3 unspecified atom stereocenters. The zero-order valence-electron chi connectivity index (χ0n) is 10.3. The van der Waals surface area contributed by atoms with Gasteiger partial charge < -0.3 is 15.6 Å². The predicted molar refractivity (Wildman–Crippen MR) is 69.0 cm³/mol. The quantitative estimate of drug-likeness (QED) is 0.780. The number of rotatable bonds is 3. The molecule has 7 heteroatoms. The Balaban J connectivity index is 1.98. The van der Waals surface area contributed by atoms with Crippen LogP contribution in [0.15, 0.2) is 25.3 Å². The molecule has 0 spiro atoms. The van der Waals surface area contributed by atoms with E-state index in [1.54, 1.807) is 6.33 Å². The number of hydrogen-bond donors (Lipinski definition) is 2. The van der Waals surface area contributed by atoms with Crippen LogP contribution in [-0.2, 0) is 4.74 Å². The van der Waals surface area contributed by atoms with Crippen molar-refractivity contribution in [1.82, 2.24) is 19.5 Å². The molecule has 0 radical (unpaired) electrons. The summed E-state index contributed by atoms with van der Waals surface area (Å²) in [4.78, 5) is 12.3. The summed E-state index contributed by atoms with van der Waals surface area (Å²) >= 11 is 0. The summed E-state index contributed by atoms with van der Waals surface area (Å²) in [6, 6.07) is 0. The predicted octanol–water partition coefficient (Wildman–Crippen LogP) is 0.491. The van der Waals surface area contributed by atoms with Crippen LogP contribution in [0.25, 0.3) is 11.2 Å². The van der Waals surface area contributed by atoms with Gasteiger partial charge in [0.2, 0.25) is 0 Å². The molecule has 1 saturated heterocycles. The van der Waals surface area contributed by atoms with Crippen molar-refractivity contribution in [2.24, 2.45) is 5.92 Å². The molecule has 1 aliphatic rings. The fourth-order valence-electron chi connectivity index (χ4n) is 2.43. The highest BCUT2D eigenvalue weighted by molar-refractivity contribution is 5.81. The second-order valence-electron chi connectivity index (χ2n) is 4.53. The van der Waals surface area contributed by atoms with Gasteiger partial charge in [-0.2, -0.15) is 0 Å². The Hall–Kier alpha value is -1.99. The van der Waals surface area contributed by atoms with Gasteiger partial charge >= 0.3 is 0 Å². The van der Waals surface area contributed by atoms with Gasteiger partial charge in [-0.1, -0.05) is 6.08 Å². The number of aliphatic hydroxyl groups excluding tert-OH is 1. The van der Waals surface area contributed by atoms with Crippen molar-refractivity contribution in [2.45, 2.75) is 18.8 Å². The maximum atomic E-state index is 9.30. The molecule has 3 heterocycles. The molecule has 0 amide bonds. The van der Waals surface area contributed by atoms with Gasteiger partial charge in [-0.15, -0.1) is 6.58 Å². The molecule has 19 heavy (non-hydrogen) atoms. The van der Waals surface area contributed by atoms with E-state index in [2.05, 4.69) is 21.5 Å². The van der Waals surface area contributed by atoms with E-state index in [9.17, 15) is 5.11 Å². The van der Waals surface area contributed by atoms with Crippen molar-refractivity contribution in [3.05, 3.63) is 25.3 Å². The van der Waals surface area contributed by atoms with Gasteiger partial charge in [0.25, 0.3) is 0 Å². The van der Waals surface area contributed by atoms with Crippen LogP contribution >= 0.6 is 0 Å². The minimum absolute atomic E-state index is 0.0308. The molecule has 0 aliphatic carbocycles. The third-order valence-corrected chi connectivity index (χ3v) is 3.46. The lowest BCUT2D eigenvalue weighted by Gasteiger charge is -2.13. The normalized spacial score (nSPS) is 26.9. The largest absolute Gasteiger partial charge is 0.394 e. The van der Waals surface area contributed by atoms with Crippen LogP contribution in [0.3, 0.4) is 0 Å². The molecule has 2 aromatic heterocycles. The molecule has 0 aromatic carbocycles. The third kappa shape index (κ3) is 1.87. The van der Waals surface area contributed by atoms with Crippen molar-refractivity contribution < 1.29 is 9.84 Å². The summed E-state index contributed by atoms with van der Waals surface area (Å²) in [6.45, 7) is 3.74. The molecular weight excluding hydrogens is 246 g/mol. The van der Waals surface area contributed by atoms with Gasteiger partial charge in [0.15, 0.2) is 11.5 Å². The van der Waals surface area contributed by atoms with E-state index in [-0.39, 0.29) is 24.9 Å². The van der Waals surface area contributed by atoms with Crippen molar-refractivity contribution in [1.29, 1.82) is 0 Å². The number of nitrogens with two attached hydrogens (primary N) is 1. The first-order valence-corrected chi connectivity index (χ1v) is 6.06. The molecule has 100 valence electrons. The first-order chi connectivity index (χ1) is 9.24. The van der Waals surface area contributed by atoms with Crippen LogP contribution in [0.4, 0.5) is 5.82 Å². The lowest BCUT2D eigenvalue weighted by molar-refractivity contribution is -0.0257. The fourth-order valence-corrected chi connectivity index (χ4v) is 2.43. The zero-order valence-corrected chi connectivity index (χ0v) is 10.3. The topological polar surface area (TPSA) is 99.1 Å². The number of nitrogen functional groups attached to an aromatic ring is 1. The third-order valence-electron chi connectivity index (χ3n) is 3.46. The Labute approximate surface area is 109 Å². The number of ether oxygens (including phenoxy) is 1. The smallest absolute Gasteiger partial charge is 0.167 e. The Kier molecular flexibility index (Phi) is 2.92. The summed E-state index contributed by atoms with van der Waals surface area (Å²) in [5, 5.41) is 9.30. The average molecular weight is 261 g/mol. The second-order valence-corrected chi connectivity index (χ2v) is 4.53. The molecule has 0 bridgehead atoms. The molecule has 3 rings (SSSR count). The Bertz CT molecular complexity index is 611. The molecular formula is C12H15N5O2. The van der Waals surface area contributed by atoms with Crippen molar-refractivity contribution in [2.75, 3.05) is 12.3 Å². The van der Waals surface area contributed by atoms with Gasteiger partial charge in [0, 0.05) is 12.3 Å². The monoisotopic (exact) mass is 261 g/mol. The van der Waals surface area contributed by atoms with Gasteiger partial charge in [-0.25, -0.2) is 15.0 Å². The lowest BCUT2D eigenvalue weighted by atomic mass is 10.0. The average Bonchev–Trinajstić information content (AvgIpc) is 3.02. The highest BCUT2D eigenvalue weighted by Gasteiger charge is 2.34. The van der Waals surface area contributed by atoms with Crippen molar-refractivity contribution >= 4 is 17.0 Å². The van der Waals surface area contributed by atoms with E-state index in [0.29, 0.717) is 17.0 Å². The van der Waals surface area contributed by atoms with E-state index in [1.165, 1.54) is 6.33 Å². The fraction of sp³-hybridized carbons (Fsp3) is 0.417. The van der Waals surface area contributed by atoms with Crippen molar-refractivity contribution in [3.63, 3.8) is 0 Å². The summed E-state index contributed by atoms with van der Waals surface area (Å²) in [5.74, 6) is 0.465. The van der Waals surface area contributed by atoms with Gasteiger partial charge in [-0.3, -0.25) is 4.57 Å². The van der Waals surface area contributed by atoms with Crippen LogP contribution in [-0.4, -0.2) is 37.3 Å². The molecule has 1 aliphatic heterocycles. The highest BCUT2D eigenvalue weighted by atomic mass is 16.5. The number of fused-ring (bicyclic) bond motifs is 1. The number of imidazole rings is 1. The molecule has 3 N–H and O–H groups in total. The number of aliphatic hydroxyl groups is 1. The van der Waals surface area contributed by atoms with Crippen LogP contribution in [0.1, 0.15) is 12.6 Å². The maximum Gasteiger partial charge on any atom is 0.167 e.